The summed E-state index contributed by atoms with van der Waals surface area (Å²) >= 11 is 0. The second kappa shape index (κ2) is 37.4. The van der Waals surface area contributed by atoms with Crippen LogP contribution in [0.4, 0.5) is 0 Å². The Morgan fingerprint density at radius 3 is 1.19 bits per heavy atom. The van der Waals surface area contributed by atoms with E-state index in [1.165, 1.54) is 135 Å². The maximum absolute atomic E-state index is 12.6. The maximum atomic E-state index is 12.6. The standard InChI is InChI=1S/C41H80NO10P/c1-3-5-7-9-11-13-14-15-16-17-18-19-20-21-22-23-25-27-29-31-33-40(44)52-37(35-50-53(47,48)51-36-38(42)41(45)46)34-49-39(43)32-30-28-26-24-12-10-8-6-4-2/h37-38H,3-36,42H2,1-2H3,(H,45,46)(H,47,48)/t37-,38-/m0/s1. The fourth-order valence-electron chi connectivity index (χ4n) is 6.18. The first-order chi connectivity index (χ1) is 25.6. The normalized spacial score (nSPS) is 13.7. The molecule has 0 aliphatic rings. The number of phosphoric acid groups is 1. The molecule has 0 aromatic heterocycles. The van der Waals surface area contributed by atoms with Gasteiger partial charge in [-0.05, 0) is 12.8 Å². The molecule has 314 valence electrons. The number of rotatable bonds is 41. The summed E-state index contributed by atoms with van der Waals surface area (Å²) in [6.07, 6.45) is 34.7. The van der Waals surface area contributed by atoms with Gasteiger partial charge in [-0.25, -0.2) is 4.57 Å². The molecule has 4 N–H and O–H groups in total. The molecule has 0 aliphatic carbocycles. The average molecular weight is 778 g/mol. The van der Waals surface area contributed by atoms with Crippen molar-refractivity contribution in [3.8, 4) is 0 Å². The molecule has 0 amide bonds. The van der Waals surface area contributed by atoms with Crippen LogP contribution in [-0.4, -0.2) is 59.9 Å². The van der Waals surface area contributed by atoms with Gasteiger partial charge in [0.1, 0.15) is 12.6 Å². The van der Waals surface area contributed by atoms with Crippen molar-refractivity contribution < 1.29 is 47.5 Å². The van der Waals surface area contributed by atoms with Crippen molar-refractivity contribution in [3.63, 3.8) is 0 Å². The zero-order valence-electron chi connectivity index (χ0n) is 33.9. The van der Waals surface area contributed by atoms with Gasteiger partial charge in [-0.3, -0.25) is 23.4 Å². The number of carboxylic acid groups (broad SMARTS) is 1. The number of unbranched alkanes of at least 4 members (excludes halogenated alkanes) is 27. The Hall–Kier alpha value is -1.52. The summed E-state index contributed by atoms with van der Waals surface area (Å²) in [5.74, 6) is -2.36. The minimum atomic E-state index is -4.70. The van der Waals surface area contributed by atoms with Gasteiger partial charge in [0.05, 0.1) is 13.2 Å². The number of aliphatic carboxylic acids is 1. The van der Waals surface area contributed by atoms with Crippen molar-refractivity contribution in [2.45, 2.75) is 225 Å². The van der Waals surface area contributed by atoms with E-state index in [1.54, 1.807) is 0 Å². The summed E-state index contributed by atoms with van der Waals surface area (Å²) < 4.78 is 32.6. The van der Waals surface area contributed by atoms with Crippen LogP contribution in [0.2, 0.25) is 0 Å². The van der Waals surface area contributed by atoms with Crippen LogP contribution in [-0.2, 0) is 37.5 Å². The molecule has 0 bridgehead atoms. The molecule has 0 radical (unpaired) electrons. The molecular weight excluding hydrogens is 697 g/mol. The van der Waals surface area contributed by atoms with Gasteiger partial charge in [-0.15, -0.1) is 0 Å². The minimum Gasteiger partial charge on any atom is -0.480 e. The van der Waals surface area contributed by atoms with E-state index in [2.05, 4.69) is 18.4 Å². The number of ether oxygens (including phenoxy) is 2. The number of hydrogen-bond donors (Lipinski definition) is 3. The highest BCUT2D eigenvalue weighted by molar-refractivity contribution is 7.47. The summed E-state index contributed by atoms with van der Waals surface area (Å²) in [6, 6.07) is -1.52. The van der Waals surface area contributed by atoms with Gasteiger partial charge in [-0.2, -0.15) is 0 Å². The van der Waals surface area contributed by atoms with Gasteiger partial charge >= 0.3 is 25.7 Å². The zero-order chi connectivity index (χ0) is 39.3. The van der Waals surface area contributed by atoms with E-state index in [0.29, 0.717) is 12.8 Å². The van der Waals surface area contributed by atoms with E-state index in [4.69, 9.17) is 24.8 Å². The van der Waals surface area contributed by atoms with E-state index in [9.17, 15) is 23.8 Å². The highest BCUT2D eigenvalue weighted by Gasteiger charge is 2.28. The van der Waals surface area contributed by atoms with Crippen molar-refractivity contribution in [1.82, 2.24) is 0 Å². The molecule has 3 atom stereocenters. The number of phosphoric ester groups is 1. The van der Waals surface area contributed by atoms with Crippen LogP contribution in [0.5, 0.6) is 0 Å². The predicted octanol–water partition coefficient (Wildman–Crippen LogP) is 11.1. The van der Waals surface area contributed by atoms with E-state index in [1.807, 2.05) is 0 Å². The second-order valence-corrected chi connectivity index (χ2v) is 16.3. The maximum Gasteiger partial charge on any atom is 0.472 e. The third-order valence-electron chi connectivity index (χ3n) is 9.61. The summed E-state index contributed by atoms with van der Waals surface area (Å²) in [7, 11) is -4.70. The summed E-state index contributed by atoms with van der Waals surface area (Å²) in [5.41, 5.74) is 5.32. The molecule has 12 heteroatoms. The lowest BCUT2D eigenvalue weighted by atomic mass is 10.0. The largest absolute Gasteiger partial charge is 0.480 e. The number of hydrogen-bond acceptors (Lipinski definition) is 9. The Balaban J connectivity index is 4.22. The smallest absolute Gasteiger partial charge is 0.472 e. The number of esters is 2. The van der Waals surface area contributed by atoms with Gasteiger partial charge in [-0.1, -0.05) is 187 Å². The molecule has 0 spiro atoms. The van der Waals surface area contributed by atoms with Crippen LogP contribution >= 0.6 is 7.82 Å². The highest BCUT2D eigenvalue weighted by Crippen LogP contribution is 2.43. The molecule has 0 heterocycles. The first kappa shape index (κ1) is 51.5. The van der Waals surface area contributed by atoms with Crippen LogP contribution in [0.3, 0.4) is 0 Å². The van der Waals surface area contributed by atoms with E-state index in [0.717, 1.165) is 38.5 Å². The van der Waals surface area contributed by atoms with E-state index >= 15 is 0 Å². The second-order valence-electron chi connectivity index (χ2n) is 14.8. The average Bonchev–Trinajstić information content (AvgIpc) is 3.13. The van der Waals surface area contributed by atoms with Gasteiger partial charge in [0, 0.05) is 12.8 Å². The SMILES string of the molecule is CCCCCCCCCCCCCCCCCCCCCCC(=O)O[C@@H](COC(=O)CCCCCCCCCCC)COP(=O)(O)OC[C@H](N)C(=O)O. The summed E-state index contributed by atoms with van der Waals surface area (Å²) in [6.45, 7) is 2.80. The van der Waals surface area contributed by atoms with Gasteiger partial charge in [0.15, 0.2) is 6.10 Å². The Kier molecular flexibility index (Phi) is 36.3. The van der Waals surface area contributed by atoms with E-state index in [-0.39, 0.29) is 19.4 Å². The van der Waals surface area contributed by atoms with Gasteiger partial charge in [0.25, 0.3) is 0 Å². The highest BCUT2D eigenvalue weighted by atomic mass is 31.2. The molecule has 1 unspecified atom stereocenters. The summed E-state index contributed by atoms with van der Waals surface area (Å²) in [5, 5.41) is 8.87. The predicted molar refractivity (Wildman–Crippen MR) is 213 cm³/mol. The van der Waals surface area contributed by atoms with Crippen LogP contribution in [0.15, 0.2) is 0 Å². The topological polar surface area (TPSA) is 172 Å². The lowest BCUT2D eigenvalue weighted by Gasteiger charge is -2.20. The zero-order valence-corrected chi connectivity index (χ0v) is 34.8. The molecule has 0 saturated carbocycles. The Morgan fingerprint density at radius 1 is 0.509 bits per heavy atom. The fourth-order valence-corrected chi connectivity index (χ4v) is 6.96. The third-order valence-corrected chi connectivity index (χ3v) is 10.6. The Bertz CT molecular complexity index is 921. The first-order valence-corrected chi connectivity index (χ1v) is 23.1. The number of carbonyl (C=O) groups excluding carboxylic acids is 2. The van der Waals surface area contributed by atoms with E-state index < -0.39 is 51.1 Å². The van der Waals surface area contributed by atoms with Gasteiger partial charge < -0.3 is 25.2 Å². The van der Waals surface area contributed by atoms with Gasteiger partial charge in [0.2, 0.25) is 0 Å². The van der Waals surface area contributed by atoms with Crippen LogP contribution in [0.25, 0.3) is 0 Å². The van der Waals surface area contributed by atoms with Crippen molar-refractivity contribution >= 4 is 25.7 Å². The lowest BCUT2D eigenvalue weighted by molar-refractivity contribution is -0.161. The van der Waals surface area contributed by atoms with Crippen molar-refractivity contribution in [2.75, 3.05) is 19.8 Å². The molecule has 11 nitrogen and oxygen atoms in total. The number of carboxylic acids is 1. The number of carbonyl (C=O) groups is 3. The minimum absolute atomic E-state index is 0.169. The Labute approximate surface area is 323 Å². The molecule has 0 aromatic carbocycles. The molecule has 0 fully saturated rings. The molecule has 0 rings (SSSR count). The van der Waals surface area contributed by atoms with Crippen molar-refractivity contribution in [3.05, 3.63) is 0 Å². The van der Waals surface area contributed by atoms with Crippen molar-refractivity contribution in [1.29, 1.82) is 0 Å². The molecule has 53 heavy (non-hydrogen) atoms. The fraction of sp³-hybridized carbons (Fsp3) is 0.927. The molecule has 0 aromatic rings. The molecule has 0 aliphatic heterocycles. The summed E-state index contributed by atoms with van der Waals surface area (Å²) in [4.78, 5) is 45.8. The lowest BCUT2D eigenvalue weighted by Crippen LogP contribution is -2.34. The number of nitrogens with two attached hydrogens (primary N) is 1. The molecular formula is C41H80NO10P. The van der Waals surface area contributed by atoms with Crippen molar-refractivity contribution in [2.24, 2.45) is 5.73 Å². The monoisotopic (exact) mass is 778 g/mol. The quantitative estimate of drug-likeness (QED) is 0.0306. The van der Waals surface area contributed by atoms with Crippen LogP contribution in [0, 0.1) is 0 Å². The van der Waals surface area contributed by atoms with Crippen LogP contribution in [0.1, 0.15) is 213 Å². The van der Waals surface area contributed by atoms with Crippen LogP contribution < -0.4 is 5.73 Å². The molecule has 0 saturated heterocycles. The third kappa shape index (κ3) is 37.2. The Morgan fingerprint density at radius 2 is 0.830 bits per heavy atom. The first-order valence-electron chi connectivity index (χ1n) is 21.6.